The Morgan fingerprint density at radius 2 is 1.97 bits per heavy atom. The Hall–Kier alpha value is -4.53. The molecule has 0 aliphatic heterocycles. The van der Waals surface area contributed by atoms with E-state index in [1.807, 2.05) is 30.3 Å². The number of amides is 1. The van der Waals surface area contributed by atoms with Crippen LogP contribution in [0.5, 0.6) is 5.75 Å². The molecule has 9 heteroatoms. The Bertz CT molecular complexity index is 1570. The number of ether oxygens (including phenoxy) is 1. The molecule has 0 radical (unpaired) electrons. The van der Waals surface area contributed by atoms with Crippen LogP contribution in [0.25, 0.3) is 22.4 Å². The number of carbonyl (C=O) groups is 1. The van der Waals surface area contributed by atoms with Gasteiger partial charge >= 0.3 is 0 Å². The maximum absolute atomic E-state index is 14.0. The number of benzene rings is 2. The van der Waals surface area contributed by atoms with E-state index in [2.05, 4.69) is 20.6 Å². The van der Waals surface area contributed by atoms with Gasteiger partial charge in [-0.2, -0.15) is 5.10 Å². The van der Waals surface area contributed by atoms with Crippen LogP contribution in [-0.2, 0) is 6.54 Å². The lowest BCUT2D eigenvalue weighted by Gasteiger charge is -2.08. The SMILES string of the molecule is COc1ccc(-c2noc3nc(C4CC4)cc(C(=O)Nc4ccn(Cc5ccccc5F)n4)c23)cc1. The van der Waals surface area contributed by atoms with Crippen LogP contribution in [0.4, 0.5) is 10.2 Å². The van der Waals surface area contributed by atoms with Crippen LogP contribution >= 0.6 is 0 Å². The molecule has 180 valence electrons. The lowest BCUT2D eigenvalue weighted by molar-refractivity contribution is 0.102. The number of nitrogens with one attached hydrogen (secondary N) is 1. The Morgan fingerprint density at radius 1 is 1.17 bits per heavy atom. The molecule has 2 aromatic carbocycles. The van der Waals surface area contributed by atoms with Gasteiger partial charge in [0.15, 0.2) is 5.82 Å². The molecule has 1 amide bonds. The number of anilines is 1. The monoisotopic (exact) mass is 483 g/mol. The number of rotatable bonds is 7. The zero-order valence-corrected chi connectivity index (χ0v) is 19.4. The molecular formula is C27H22FN5O3. The molecular weight excluding hydrogens is 461 g/mol. The van der Waals surface area contributed by atoms with E-state index < -0.39 is 0 Å². The van der Waals surface area contributed by atoms with E-state index in [0.717, 1.165) is 24.1 Å². The topological polar surface area (TPSA) is 95.1 Å². The van der Waals surface area contributed by atoms with Gasteiger partial charge in [-0.1, -0.05) is 23.4 Å². The molecule has 0 atom stereocenters. The molecule has 6 rings (SSSR count). The lowest BCUT2D eigenvalue weighted by atomic mass is 10.0. The van der Waals surface area contributed by atoms with E-state index >= 15 is 0 Å². The van der Waals surface area contributed by atoms with Crippen LogP contribution in [0.2, 0.25) is 0 Å². The van der Waals surface area contributed by atoms with Gasteiger partial charge in [-0.05, 0) is 49.2 Å². The van der Waals surface area contributed by atoms with Gasteiger partial charge in [0, 0.05) is 35.0 Å². The average molecular weight is 484 g/mol. The first-order valence-electron chi connectivity index (χ1n) is 11.6. The van der Waals surface area contributed by atoms with Crippen molar-refractivity contribution in [2.75, 3.05) is 12.4 Å². The molecule has 3 aromatic heterocycles. The van der Waals surface area contributed by atoms with Crippen LogP contribution in [0.1, 0.15) is 40.4 Å². The van der Waals surface area contributed by atoms with Gasteiger partial charge in [0.1, 0.15) is 17.3 Å². The second-order valence-electron chi connectivity index (χ2n) is 8.75. The quantitative estimate of drug-likeness (QED) is 0.333. The molecule has 3 heterocycles. The van der Waals surface area contributed by atoms with Crippen molar-refractivity contribution in [3.05, 3.63) is 89.5 Å². The fourth-order valence-corrected chi connectivity index (χ4v) is 4.18. The largest absolute Gasteiger partial charge is 0.497 e. The Morgan fingerprint density at radius 3 is 2.72 bits per heavy atom. The molecule has 36 heavy (non-hydrogen) atoms. The van der Waals surface area contributed by atoms with Crippen LogP contribution in [-0.4, -0.2) is 32.9 Å². The first-order chi connectivity index (χ1) is 17.6. The summed E-state index contributed by atoms with van der Waals surface area (Å²) in [5.74, 6) is 0.735. The molecule has 1 fully saturated rings. The number of hydrogen-bond acceptors (Lipinski definition) is 6. The Labute approximate surface area is 205 Å². The maximum atomic E-state index is 14.0. The number of fused-ring (bicyclic) bond motifs is 1. The molecule has 1 aliphatic rings. The molecule has 8 nitrogen and oxygen atoms in total. The number of halogens is 1. The number of pyridine rings is 1. The summed E-state index contributed by atoms with van der Waals surface area (Å²) < 4.78 is 26.4. The van der Waals surface area contributed by atoms with Crippen LogP contribution in [0.3, 0.4) is 0 Å². The second kappa shape index (κ2) is 8.92. The van der Waals surface area contributed by atoms with Crippen molar-refractivity contribution in [3.63, 3.8) is 0 Å². The number of hydrogen-bond donors (Lipinski definition) is 1. The van der Waals surface area contributed by atoms with Crippen LogP contribution in [0, 0.1) is 5.82 Å². The van der Waals surface area contributed by atoms with E-state index in [4.69, 9.17) is 9.26 Å². The third kappa shape index (κ3) is 4.19. The lowest BCUT2D eigenvalue weighted by Crippen LogP contribution is -2.14. The van der Waals surface area contributed by atoms with Gasteiger partial charge in [0.05, 0.1) is 24.6 Å². The first kappa shape index (κ1) is 22.0. The minimum atomic E-state index is -0.349. The number of carbonyl (C=O) groups excluding carboxylic acids is 1. The van der Waals surface area contributed by atoms with Gasteiger partial charge in [-0.25, -0.2) is 9.37 Å². The molecule has 0 bridgehead atoms. The summed E-state index contributed by atoms with van der Waals surface area (Å²) in [6.45, 7) is 0.251. The molecule has 0 unspecified atom stereocenters. The van der Waals surface area contributed by atoms with Crippen LogP contribution in [0.15, 0.2) is 71.4 Å². The Balaban J connectivity index is 1.33. The van der Waals surface area contributed by atoms with Crippen molar-refractivity contribution >= 4 is 22.8 Å². The number of aromatic nitrogens is 4. The average Bonchev–Trinajstić information content (AvgIpc) is 3.52. The van der Waals surface area contributed by atoms with Crippen molar-refractivity contribution < 1.29 is 18.4 Å². The summed E-state index contributed by atoms with van der Waals surface area (Å²) in [5.41, 5.74) is 3.36. The fraction of sp³-hybridized carbons (Fsp3) is 0.185. The summed E-state index contributed by atoms with van der Waals surface area (Å²) in [4.78, 5) is 18.1. The van der Waals surface area contributed by atoms with E-state index in [1.54, 1.807) is 42.3 Å². The summed E-state index contributed by atoms with van der Waals surface area (Å²) in [6.07, 6.45) is 3.75. The van der Waals surface area contributed by atoms with Gasteiger partial charge < -0.3 is 14.6 Å². The molecule has 1 saturated carbocycles. The predicted octanol–water partition coefficient (Wildman–Crippen LogP) is 5.41. The highest BCUT2D eigenvalue weighted by molar-refractivity contribution is 6.14. The molecule has 0 spiro atoms. The van der Waals surface area contributed by atoms with Gasteiger partial charge in [-0.3, -0.25) is 9.48 Å². The summed E-state index contributed by atoms with van der Waals surface area (Å²) >= 11 is 0. The normalized spacial score (nSPS) is 13.2. The van der Waals surface area contributed by atoms with Crippen molar-refractivity contribution in [1.82, 2.24) is 19.9 Å². The second-order valence-corrected chi connectivity index (χ2v) is 8.75. The van der Waals surface area contributed by atoms with Crippen molar-refractivity contribution in [1.29, 1.82) is 0 Å². The van der Waals surface area contributed by atoms with Crippen molar-refractivity contribution in [2.24, 2.45) is 0 Å². The van der Waals surface area contributed by atoms with E-state index in [9.17, 15) is 9.18 Å². The predicted molar refractivity (Wildman–Crippen MR) is 131 cm³/mol. The molecule has 1 aliphatic carbocycles. The van der Waals surface area contributed by atoms with Crippen molar-refractivity contribution in [2.45, 2.75) is 25.3 Å². The zero-order chi connectivity index (χ0) is 24.6. The zero-order valence-electron chi connectivity index (χ0n) is 19.4. The third-order valence-corrected chi connectivity index (χ3v) is 6.24. The van der Waals surface area contributed by atoms with E-state index in [-0.39, 0.29) is 18.3 Å². The fourth-order valence-electron chi connectivity index (χ4n) is 4.18. The standard InChI is InChI=1S/C27H22FN5O3/c1-35-19-10-8-17(9-11-19)25-24-20(14-22(16-6-7-16)29-27(24)36-32-25)26(34)30-23-12-13-33(31-23)15-18-4-2-3-5-21(18)28/h2-5,8-14,16H,6-7,15H2,1H3,(H,30,31,34). The van der Waals surface area contributed by atoms with Crippen molar-refractivity contribution in [3.8, 4) is 17.0 Å². The minimum Gasteiger partial charge on any atom is -0.497 e. The minimum absolute atomic E-state index is 0.251. The smallest absolute Gasteiger partial charge is 0.259 e. The molecule has 1 N–H and O–H groups in total. The summed E-state index contributed by atoms with van der Waals surface area (Å²) in [6, 6.07) is 17.4. The number of methoxy groups -OCH3 is 1. The molecule has 0 saturated heterocycles. The highest BCUT2D eigenvalue weighted by Gasteiger charge is 2.29. The summed E-state index contributed by atoms with van der Waals surface area (Å²) in [5, 5.41) is 12.0. The van der Waals surface area contributed by atoms with Gasteiger partial charge in [0.2, 0.25) is 0 Å². The van der Waals surface area contributed by atoms with Gasteiger partial charge in [-0.15, -0.1) is 0 Å². The first-order valence-corrected chi connectivity index (χ1v) is 11.6. The molecule has 5 aromatic rings. The van der Waals surface area contributed by atoms with Crippen LogP contribution < -0.4 is 10.1 Å². The summed E-state index contributed by atoms with van der Waals surface area (Å²) in [7, 11) is 1.60. The third-order valence-electron chi connectivity index (χ3n) is 6.24. The maximum Gasteiger partial charge on any atom is 0.259 e. The van der Waals surface area contributed by atoms with E-state index in [1.165, 1.54) is 6.07 Å². The number of nitrogens with zero attached hydrogens (tertiary/aromatic N) is 4. The van der Waals surface area contributed by atoms with Gasteiger partial charge in [0.25, 0.3) is 11.6 Å². The highest BCUT2D eigenvalue weighted by atomic mass is 19.1. The van der Waals surface area contributed by atoms with E-state index in [0.29, 0.717) is 45.4 Å². The Kier molecular flexibility index (Phi) is 5.44. The highest BCUT2D eigenvalue weighted by Crippen LogP contribution is 2.41.